The Hall–Kier alpha value is -4.15. The highest BCUT2D eigenvalue weighted by atomic mass is 16.6. The van der Waals surface area contributed by atoms with E-state index in [-0.39, 0.29) is 23.1 Å². The van der Waals surface area contributed by atoms with Crippen molar-refractivity contribution in [1.29, 1.82) is 0 Å². The maximum Gasteiger partial charge on any atom is 0.336 e. The van der Waals surface area contributed by atoms with Crippen LogP contribution in [0.25, 0.3) is 11.4 Å². The number of nitrogens with zero attached hydrogens (tertiary/aromatic N) is 4. The van der Waals surface area contributed by atoms with Crippen molar-refractivity contribution in [2.24, 2.45) is 0 Å². The van der Waals surface area contributed by atoms with E-state index in [1.54, 1.807) is 19.1 Å². The average Bonchev–Trinajstić information content (AvgIpc) is 3.27. The molecule has 0 atom stereocenters. The minimum Gasteiger partial charge on any atom is -0.493 e. The molecule has 0 fully saturated rings. The molecule has 3 aromatic rings. The summed E-state index contributed by atoms with van der Waals surface area (Å²) in [6.07, 6.45) is 1.69. The van der Waals surface area contributed by atoms with Gasteiger partial charge in [0.15, 0.2) is 17.3 Å². The molecule has 3 rings (SSSR count). The first-order valence-electron chi connectivity index (χ1n) is 10.5. The lowest BCUT2D eigenvalue weighted by atomic mass is 10.1. The first-order valence-corrected chi connectivity index (χ1v) is 10.5. The molecule has 0 aliphatic heterocycles. The molecule has 0 N–H and O–H groups in total. The van der Waals surface area contributed by atoms with Crippen molar-refractivity contribution in [1.82, 2.24) is 14.8 Å². The van der Waals surface area contributed by atoms with E-state index in [0.29, 0.717) is 35.0 Å². The van der Waals surface area contributed by atoms with Crippen LogP contribution in [0.4, 0.5) is 5.69 Å². The molecule has 0 radical (unpaired) electrons. The Bertz CT molecular complexity index is 1180. The van der Waals surface area contributed by atoms with Gasteiger partial charge in [-0.25, -0.2) is 0 Å². The number of methoxy groups -OCH3 is 3. The van der Waals surface area contributed by atoms with Gasteiger partial charge in [0.2, 0.25) is 5.75 Å². The summed E-state index contributed by atoms with van der Waals surface area (Å²) in [4.78, 5) is 28.6. The van der Waals surface area contributed by atoms with Crippen molar-refractivity contribution in [2.75, 3.05) is 27.9 Å². The molecule has 11 heteroatoms. The number of hydrogen-bond donors (Lipinski definition) is 0. The molecule has 34 heavy (non-hydrogen) atoms. The average molecular weight is 470 g/mol. The molecule has 2 aromatic carbocycles. The van der Waals surface area contributed by atoms with Gasteiger partial charge in [-0.2, -0.15) is 9.67 Å². The summed E-state index contributed by atoms with van der Waals surface area (Å²) in [5.74, 6) is 0.639. The highest BCUT2D eigenvalue weighted by Gasteiger charge is 2.24. The number of nitro benzene ring substituents is 1. The van der Waals surface area contributed by atoms with Gasteiger partial charge in [-0.1, -0.05) is 19.4 Å². The van der Waals surface area contributed by atoms with Crippen LogP contribution in [0.5, 0.6) is 23.3 Å². The Morgan fingerprint density at radius 2 is 1.76 bits per heavy atom. The summed E-state index contributed by atoms with van der Waals surface area (Å²) in [5.41, 5.74) is 0.798. The minimum atomic E-state index is -0.607. The third-order valence-corrected chi connectivity index (χ3v) is 5.08. The third kappa shape index (κ3) is 4.92. The van der Waals surface area contributed by atoms with Gasteiger partial charge >= 0.3 is 6.01 Å². The van der Waals surface area contributed by atoms with Crippen LogP contribution in [0.15, 0.2) is 30.3 Å². The quantitative estimate of drug-likeness (QED) is 0.245. The summed E-state index contributed by atoms with van der Waals surface area (Å²) in [7, 11) is 4.43. The minimum absolute atomic E-state index is 0.00663. The maximum absolute atomic E-state index is 13.4. The Morgan fingerprint density at radius 1 is 1.09 bits per heavy atom. The lowest BCUT2D eigenvalue weighted by Crippen LogP contribution is -2.16. The second-order valence-corrected chi connectivity index (χ2v) is 7.31. The molecule has 0 aliphatic carbocycles. The predicted molar refractivity (Wildman–Crippen MR) is 123 cm³/mol. The molecule has 0 unspecified atom stereocenters. The van der Waals surface area contributed by atoms with E-state index in [0.717, 1.165) is 17.5 Å². The van der Waals surface area contributed by atoms with Gasteiger partial charge < -0.3 is 18.9 Å². The Balaban J connectivity index is 2.16. The van der Waals surface area contributed by atoms with E-state index in [4.69, 9.17) is 18.9 Å². The van der Waals surface area contributed by atoms with Gasteiger partial charge in [-0.3, -0.25) is 14.9 Å². The Morgan fingerprint density at radius 3 is 2.32 bits per heavy atom. The van der Waals surface area contributed by atoms with E-state index in [1.165, 1.54) is 39.5 Å². The van der Waals surface area contributed by atoms with E-state index in [9.17, 15) is 14.9 Å². The van der Waals surface area contributed by atoms with Crippen molar-refractivity contribution in [2.45, 2.75) is 26.7 Å². The zero-order chi connectivity index (χ0) is 24.8. The van der Waals surface area contributed by atoms with E-state index >= 15 is 0 Å². The van der Waals surface area contributed by atoms with E-state index in [1.807, 2.05) is 6.92 Å². The second kappa shape index (κ2) is 10.6. The number of carbonyl (C=O) groups excluding carboxylic acids is 1. The molecule has 0 amide bonds. The highest BCUT2D eigenvalue weighted by molar-refractivity contribution is 5.98. The number of rotatable bonds is 10. The highest BCUT2D eigenvalue weighted by Crippen LogP contribution is 2.41. The van der Waals surface area contributed by atoms with Crippen LogP contribution in [0.2, 0.25) is 0 Å². The predicted octanol–water partition coefficient (Wildman–Crippen LogP) is 4.05. The number of carbonyl (C=O) groups is 1. The van der Waals surface area contributed by atoms with Crippen LogP contribution in [0.3, 0.4) is 0 Å². The molecule has 0 spiro atoms. The monoisotopic (exact) mass is 470 g/mol. The largest absolute Gasteiger partial charge is 0.493 e. The third-order valence-electron chi connectivity index (χ3n) is 5.08. The fourth-order valence-electron chi connectivity index (χ4n) is 3.26. The van der Waals surface area contributed by atoms with Crippen molar-refractivity contribution in [3.05, 3.63) is 51.6 Å². The van der Waals surface area contributed by atoms with Crippen molar-refractivity contribution >= 4 is 11.6 Å². The van der Waals surface area contributed by atoms with Gasteiger partial charge in [0, 0.05) is 22.8 Å². The molecule has 0 saturated carbocycles. The molecular formula is C23H26N4O7. The number of unbranched alkanes of at least 4 members (excludes halogenated alkanes) is 1. The van der Waals surface area contributed by atoms with E-state index < -0.39 is 10.8 Å². The van der Waals surface area contributed by atoms with Crippen molar-refractivity contribution < 1.29 is 28.7 Å². The van der Waals surface area contributed by atoms with Crippen LogP contribution in [-0.2, 0) is 0 Å². The van der Waals surface area contributed by atoms with Gasteiger partial charge in [-0.15, -0.1) is 5.10 Å². The fourth-order valence-corrected chi connectivity index (χ4v) is 3.26. The molecule has 1 heterocycles. The number of nitro groups is 1. The molecule has 0 bridgehead atoms. The van der Waals surface area contributed by atoms with Crippen LogP contribution in [0.1, 0.15) is 35.7 Å². The summed E-state index contributed by atoms with van der Waals surface area (Å²) < 4.78 is 22.9. The standard InChI is InChI=1S/C23H26N4O7/c1-6-7-10-34-23-24-21(16-12-18(31-3)20(33-5)19(13-16)32-4)26(25-23)22(28)15-9-8-14(2)17(11-15)27(29)30/h8-9,11-13H,6-7,10H2,1-5H3. The summed E-state index contributed by atoms with van der Waals surface area (Å²) in [6, 6.07) is 7.50. The summed E-state index contributed by atoms with van der Waals surface area (Å²) in [5, 5.41) is 15.6. The molecule has 180 valence electrons. The van der Waals surface area contributed by atoms with Gasteiger partial charge in [0.05, 0.1) is 32.9 Å². The summed E-state index contributed by atoms with van der Waals surface area (Å²) in [6.45, 7) is 3.99. The van der Waals surface area contributed by atoms with Gasteiger partial charge in [0.25, 0.3) is 11.6 Å². The van der Waals surface area contributed by atoms with E-state index in [2.05, 4.69) is 10.1 Å². The normalized spacial score (nSPS) is 10.6. The van der Waals surface area contributed by atoms with Crippen LogP contribution < -0.4 is 18.9 Å². The lowest BCUT2D eigenvalue weighted by molar-refractivity contribution is -0.385. The topological polar surface area (TPSA) is 128 Å². The first-order chi connectivity index (χ1) is 16.3. The molecule has 1 aromatic heterocycles. The summed E-state index contributed by atoms with van der Waals surface area (Å²) >= 11 is 0. The Kier molecular flexibility index (Phi) is 7.67. The number of benzene rings is 2. The first kappa shape index (κ1) is 24.5. The zero-order valence-corrected chi connectivity index (χ0v) is 19.7. The molecule has 0 saturated heterocycles. The number of aromatic nitrogens is 3. The Labute approximate surface area is 196 Å². The smallest absolute Gasteiger partial charge is 0.336 e. The van der Waals surface area contributed by atoms with Crippen molar-refractivity contribution in [3.63, 3.8) is 0 Å². The molecule has 0 aliphatic rings. The number of hydrogen-bond acceptors (Lipinski definition) is 9. The number of ether oxygens (including phenoxy) is 4. The SMILES string of the molecule is CCCCOc1nc(-c2cc(OC)c(OC)c(OC)c2)n(C(=O)c2ccc(C)c([N+](=O)[O-])c2)n1. The number of aryl methyl sites for hydroxylation is 1. The second-order valence-electron chi connectivity index (χ2n) is 7.31. The maximum atomic E-state index is 13.4. The van der Waals surface area contributed by atoms with Gasteiger partial charge in [0.1, 0.15) is 0 Å². The van der Waals surface area contributed by atoms with Crippen LogP contribution in [0, 0.1) is 17.0 Å². The zero-order valence-electron chi connectivity index (χ0n) is 19.7. The van der Waals surface area contributed by atoms with Gasteiger partial charge in [-0.05, 0) is 31.5 Å². The lowest BCUT2D eigenvalue weighted by Gasteiger charge is -2.14. The van der Waals surface area contributed by atoms with Crippen LogP contribution >= 0.6 is 0 Å². The molecule has 11 nitrogen and oxygen atoms in total. The fraction of sp³-hybridized carbons (Fsp3) is 0.348. The molecular weight excluding hydrogens is 444 g/mol. The van der Waals surface area contributed by atoms with Crippen LogP contribution in [-0.4, -0.2) is 53.5 Å². The van der Waals surface area contributed by atoms with Crippen molar-refractivity contribution in [3.8, 4) is 34.6 Å².